The number of aryl methyl sites for hydroxylation is 1. The monoisotopic (exact) mass is 389 g/mol. The van der Waals surface area contributed by atoms with Crippen molar-refractivity contribution < 1.29 is 14.3 Å². The van der Waals surface area contributed by atoms with Crippen LogP contribution < -0.4 is 10.6 Å². The van der Waals surface area contributed by atoms with Crippen molar-refractivity contribution in [2.45, 2.75) is 12.8 Å². The second kappa shape index (κ2) is 10.0. The molecule has 1 aromatic heterocycles. The number of benzene rings is 2. The summed E-state index contributed by atoms with van der Waals surface area (Å²) in [5.41, 5.74) is 2.89. The van der Waals surface area contributed by atoms with E-state index in [1.54, 1.807) is 36.5 Å². The molecule has 0 radical (unpaired) electrons. The third-order valence-electron chi connectivity index (χ3n) is 4.35. The first-order valence-corrected chi connectivity index (χ1v) is 9.39. The zero-order valence-electron chi connectivity index (χ0n) is 16.2. The Bertz CT molecular complexity index is 974. The van der Waals surface area contributed by atoms with E-state index in [4.69, 9.17) is 4.74 Å². The van der Waals surface area contributed by atoms with Crippen molar-refractivity contribution in [3.05, 3.63) is 89.6 Å². The summed E-state index contributed by atoms with van der Waals surface area (Å²) in [6.45, 7) is 0.597. The van der Waals surface area contributed by atoms with Gasteiger partial charge in [0.1, 0.15) is 5.82 Å². The number of esters is 1. The molecule has 148 valence electrons. The van der Waals surface area contributed by atoms with Crippen LogP contribution in [0.15, 0.2) is 72.9 Å². The first kappa shape index (κ1) is 20.1. The van der Waals surface area contributed by atoms with E-state index in [1.165, 1.54) is 12.7 Å². The first-order chi connectivity index (χ1) is 14.2. The van der Waals surface area contributed by atoms with Crippen LogP contribution in [0, 0.1) is 0 Å². The Balaban J connectivity index is 1.56. The fourth-order valence-electron chi connectivity index (χ4n) is 2.87. The maximum atomic E-state index is 12.4. The third kappa shape index (κ3) is 5.90. The van der Waals surface area contributed by atoms with Crippen LogP contribution in [0.4, 0.5) is 11.5 Å². The van der Waals surface area contributed by atoms with Crippen LogP contribution in [-0.4, -0.2) is 30.5 Å². The van der Waals surface area contributed by atoms with Gasteiger partial charge in [0.05, 0.1) is 12.7 Å². The van der Waals surface area contributed by atoms with Gasteiger partial charge in [0.25, 0.3) is 5.91 Å². The number of methoxy groups -OCH3 is 1. The predicted octanol–water partition coefficient (Wildman–Crippen LogP) is 3.97. The number of hydrogen-bond acceptors (Lipinski definition) is 5. The van der Waals surface area contributed by atoms with E-state index >= 15 is 0 Å². The number of aromatic nitrogens is 1. The smallest absolute Gasteiger partial charge is 0.337 e. The van der Waals surface area contributed by atoms with Crippen LogP contribution in [0.5, 0.6) is 0 Å². The van der Waals surface area contributed by atoms with E-state index in [-0.39, 0.29) is 5.91 Å². The summed E-state index contributed by atoms with van der Waals surface area (Å²) in [6, 6.07) is 20.4. The molecule has 0 aliphatic rings. The van der Waals surface area contributed by atoms with Gasteiger partial charge in [-0.05, 0) is 48.7 Å². The lowest BCUT2D eigenvalue weighted by molar-refractivity contribution is 0.0600. The van der Waals surface area contributed by atoms with Gasteiger partial charge in [-0.2, -0.15) is 0 Å². The highest BCUT2D eigenvalue weighted by Gasteiger charge is 2.09. The van der Waals surface area contributed by atoms with Gasteiger partial charge in [-0.25, -0.2) is 9.78 Å². The molecule has 3 aromatic rings. The average molecular weight is 389 g/mol. The highest BCUT2D eigenvalue weighted by atomic mass is 16.5. The van der Waals surface area contributed by atoms with Crippen molar-refractivity contribution in [3.63, 3.8) is 0 Å². The van der Waals surface area contributed by atoms with Gasteiger partial charge in [0, 0.05) is 24.0 Å². The SMILES string of the molecule is COC(=O)c1cccc(Nc2cc(C(=O)NCCCc3ccccc3)ccn2)c1. The average Bonchev–Trinajstić information content (AvgIpc) is 2.77. The molecule has 0 spiro atoms. The highest BCUT2D eigenvalue weighted by molar-refractivity contribution is 5.95. The molecular weight excluding hydrogens is 366 g/mol. The summed E-state index contributed by atoms with van der Waals surface area (Å²) in [5.74, 6) is -0.0407. The minimum atomic E-state index is -0.412. The Hall–Kier alpha value is -3.67. The first-order valence-electron chi connectivity index (χ1n) is 9.39. The van der Waals surface area contributed by atoms with Crippen LogP contribution >= 0.6 is 0 Å². The van der Waals surface area contributed by atoms with Crippen molar-refractivity contribution in [1.29, 1.82) is 0 Å². The molecule has 0 saturated carbocycles. The zero-order valence-corrected chi connectivity index (χ0v) is 16.2. The van der Waals surface area contributed by atoms with Crippen LogP contribution in [0.2, 0.25) is 0 Å². The van der Waals surface area contributed by atoms with E-state index < -0.39 is 5.97 Å². The van der Waals surface area contributed by atoms with Gasteiger partial charge < -0.3 is 15.4 Å². The van der Waals surface area contributed by atoms with Crippen molar-refractivity contribution in [2.24, 2.45) is 0 Å². The summed E-state index contributed by atoms with van der Waals surface area (Å²) in [6.07, 6.45) is 3.36. The van der Waals surface area contributed by atoms with Crippen LogP contribution in [0.25, 0.3) is 0 Å². The van der Waals surface area contributed by atoms with Crippen molar-refractivity contribution in [3.8, 4) is 0 Å². The van der Waals surface area contributed by atoms with E-state index in [9.17, 15) is 9.59 Å². The number of carbonyl (C=O) groups excluding carboxylic acids is 2. The molecule has 0 aliphatic heterocycles. The molecular formula is C23H23N3O3. The van der Waals surface area contributed by atoms with Crippen molar-refractivity contribution in [2.75, 3.05) is 19.0 Å². The molecule has 6 heteroatoms. The number of amides is 1. The fraction of sp³-hybridized carbons (Fsp3) is 0.174. The lowest BCUT2D eigenvalue weighted by atomic mass is 10.1. The van der Waals surface area contributed by atoms with Crippen molar-refractivity contribution in [1.82, 2.24) is 10.3 Å². The van der Waals surface area contributed by atoms with Crippen LogP contribution in [0.1, 0.15) is 32.7 Å². The zero-order chi connectivity index (χ0) is 20.5. The molecule has 1 heterocycles. The summed E-state index contributed by atoms with van der Waals surface area (Å²) >= 11 is 0. The number of hydrogen-bond donors (Lipinski definition) is 2. The molecule has 2 N–H and O–H groups in total. The number of rotatable bonds is 8. The minimum Gasteiger partial charge on any atom is -0.465 e. The van der Waals surface area contributed by atoms with Gasteiger partial charge in [0.2, 0.25) is 0 Å². The minimum absolute atomic E-state index is 0.146. The molecule has 1 amide bonds. The number of carbonyl (C=O) groups is 2. The molecule has 0 unspecified atom stereocenters. The molecule has 0 aliphatic carbocycles. The summed E-state index contributed by atoms with van der Waals surface area (Å²) in [5, 5.41) is 6.04. The number of ether oxygens (including phenoxy) is 1. The topological polar surface area (TPSA) is 80.3 Å². The molecule has 6 nitrogen and oxygen atoms in total. The quantitative estimate of drug-likeness (QED) is 0.450. The Morgan fingerprint density at radius 1 is 0.966 bits per heavy atom. The highest BCUT2D eigenvalue weighted by Crippen LogP contribution is 2.17. The van der Waals surface area contributed by atoms with E-state index in [1.807, 2.05) is 24.3 Å². The van der Waals surface area contributed by atoms with Crippen LogP contribution in [-0.2, 0) is 11.2 Å². The maximum absolute atomic E-state index is 12.4. The molecule has 0 saturated heterocycles. The van der Waals surface area contributed by atoms with E-state index in [2.05, 4.69) is 27.8 Å². The molecule has 0 bridgehead atoms. The molecule has 2 aromatic carbocycles. The number of anilines is 2. The largest absolute Gasteiger partial charge is 0.465 e. The summed E-state index contributed by atoms with van der Waals surface area (Å²) in [7, 11) is 1.34. The van der Waals surface area contributed by atoms with Gasteiger partial charge >= 0.3 is 5.97 Å². The third-order valence-corrected chi connectivity index (χ3v) is 4.35. The van der Waals surface area contributed by atoms with Gasteiger partial charge in [-0.3, -0.25) is 4.79 Å². The Labute approximate surface area is 169 Å². The fourth-order valence-corrected chi connectivity index (χ4v) is 2.87. The Morgan fingerprint density at radius 3 is 2.59 bits per heavy atom. The molecule has 3 rings (SSSR count). The lowest BCUT2D eigenvalue weighted by Crippen LogP contribution is -2.24. The van der Waals surface area contributed by atoms with E-state index in [0.717, 1.165) is 12.8 Å². The number of pyridine rings is 1. The standard InChI is InChI=1S/C23H23N3O3/c1-29-23(28)19-10-5-11-20(15-19)26-21-16-18(12-14-24-21)22(27)25-13-6-9-17-7-3-2-4-8-17/h2-5,7-8,10-12,14-16H,6,9,13H2,1H3,(H,24,26)(H,25,27). The van der Waals surface area contributed by atoms with Gasteiger partial charge in [-0.15, -0.1) is 0 Å². The Kier molecular flexibility index (Phi) is 6.95. The predicted molar refractivity (Wildman–Crippen MR) is 112 cm³/mol. The second-order valence-corrected chi connectivity index (χ2v) is 6.47. The molecule has 29 heavy (non-hydrogen) atoms. The van der Waals surface area contributed by atoms with Crippen LogP contribution in [0.3, 0.4) is 0 Å². The van der Waals surface area contributed by atoms with E-state index in [0.29, 0.717) is 29.2 Å². The number of nitrogens with zero attached hydrogens (tertiary/aromatic N) is 1. The summed E-state index contributed by atoms with van der Waals surface area (Å²) in [4.78, 5) is 28.3. The van der Waals surface area contributed by atoms with Gasteiger partial charge in [-0.1, -0.05) is 36.4 Å². The Morgan fingerprint density at radius 2 is 1.79 bits per heavy atom. The second-order valence-electron chi connectivity index (χ2n) is 6.47. The van der Waals surface area contributed by atoms with Crippen molar-refractivity contribution >= 4 is 23.4 Å². The normalized spacial score (nSPS) is 10.2. The molecule has 0 atom stereocenters. The molecule has 0 fully saturated rings. The number of nitrogens with one attached hydrogen (secondary N) is 2. The lowest BCUT2D eigenvalue weighted by Gasteiger charge is -2.09. The van der Waals surface area contributed by atoms with Gasteiger partial charge in [0.15, 0.2) is 0 Å². The summed E-state index contributed by atoms with van der Waals surface area (Å²) < 4.78 is 4.73. The maximum Gasteiger partial charge on any atom is 0.337 e.